The first-order valence-corrected chi connectivity index (χ1v) is 8.84. The Morgan fingerprint density at radius 3 is 2.74 bits per heavy atom. The molecule has 3 N–H and O–H groups in total. The van der Waals surface area contributed by atoms with Gasteiger partial charge in [0.25, 0.3) is 0 Å². The zero-order valence-corrected chi connectivity index (χ0v) is 14.5. The molecule has 122 valence electrons. The van der Waals surface area contributed by atoms with Crippen LogP contribution in [0.25, 0.3) is 0 Å². The summed E-state index contributed by atoms with van der Waals surface area (Å²) < 4.78 is 0. The number of aromatic nitrogens is 1. The molecule has 1 aliphatic heterocycles. The highest BCUT2D eigenvalue weighted by molar-refractivity contribution is 7.97. The minimum atomic E-state index is 0.174. The van der Waals surface area contributed by atoms with Crippen molar-refractivity contribution < 1.29 is 0 Å². The van der Waals surface area contributed by atoms with E-state index in [0.717, 1.165) is 30.4 Å². The van der Waals surface area contributed by atoms with Gasteiger partial charge in [0.15, 0.2) is 0 Å². The summed E-state index contributed by atoms with van der Waals surface area (Å²) in [5.41, 5.74) is 1.54. The highest BCUT2D eigenvalue weighted by Gasteiger charge is 2.38. The molecule has 1 fully saturated rings. The number of likely N-dealkylation sites (tertiary alicyclic amines) is 1. The van der Waals surface area contributed by atoms with Gasteiger partial charge < -0.3 is 5.32 Å². The van der Waals surface area contributed by atoms with E-state index in [1.54, 1.807) is 0 Å². The summed E-state index contributed by atoms with van der Waals surface area (Å²) in [5, 5.41) is 10.0. The van der Waals surface area contributed by atoms with Gasteiger partial charge in [-0.1, -0.05) is 36.4 Å². The van der Waals surface area contributed by atoms with Crippen molar-refractivity contribution in [3.05, 3.63) is 54.1 Å². The minimum Gasteiger partial charge on any atom is -0.366 e. The molecule has 1 atom stereocenters. The molecule has 1 aromatic carbocycles. The molecule has 2 heterocycles. The molecule has 23 heavy (non-hydrogen) atoms. The normalized spacial score (nSPS) is 20.6. The fraction of sp³-hybridized carbons (Fsp3) is 0.389. The molecule has 1 aromatic heterocycles. The van der Waals surface area contributed by atoms with Crippen molar-refractivity contribution in [2.75, 3.05) is 11.9 Å². The number of rotatable bonds is 5. The van der Waals surface area contributed by atoms with E-state index >= 15 is 0 Å². The molecular formula is C18H24N4S. The molecule has 0 amide bonds. The highest BCUT2D eigenvalue weighted by Crippen LogP contribution is 2.31. The molecule has 4 nitrogen and oxygen atoms in total. The summed E-state index contributed by atoms with van der Waals surface area (Å²) in [6.07, 6.45) is 1.10. The smallest absolute Gasteiger partial charge is 0.127 e. The van der Waals surface area contributed by atoms with Gasteiger partial charge >= 0.3 is 0 Å². The fourth-order valence-corrected chi connectivity index (χ4v) is 3.57. The third-order valence-electron chi connectivity index (χ3n) is 4.46. The average molecular weight is 328 g/mol. The summed E-state index contributed by atoms with van der Waals surface area (Å²) >= 11 is 1.18. The Balaban J connectivity index is 1.66. The maximum Gasteiger partial charge on any atom is 0.127 e. The van der Waals surface area contributed by atoms with Crippen LogP contribution in [-0.4, -0.2) is 28.0 Å². The predicted octanol–water partition coefficient (Wildman–Crippen LogP) is 3.51. The maximum atomic E-state index is 5.60. The summed E-state index contributed by atoms with van der Waals surface area (Å²) in [6.45, 7) is 6.64. The first kappa shape index (κ1) is 16.3. The quantitative estimate of drug-likeness (QED) is 0.823. The topological polar surface area (TPSA) is 54.2 Å². The molecule has 0 spiro atoms. The Kier molecular flexibility index (Phi) is 4.90. The van der Waals surface area contributed by atoms with Crippen LogP contribution in [-0.2, 0) is 6.54 Å². The number of hydrogen-bond donors (Lipinski definition) is 2. The molecule has 5 heteroatoms. The number of hydrogen-bond acceptors (Lipinski definition) is 5. The number of anilines is 1. The first-order chi connectivity index (χ1) is 11.1. The second-order valence-corrected chi connectivity index (χ2v) is 7.36. The number of benzene rings is 1. The molecule has 1 saturated heterocycles. The first-order valence-electron chi connectivity index (χ1n) is 7.96. The van der Waals surface area contributed by atoms with Gasteiger partial charge in [0.1, 0.15) is 10.8 Å². The van der Waals surface area contributed by atoms with Crippen LogP contribution < -0.4 is 10.5 Å². The lowest BCUT2D eigenvalue weighted by Crippen LogP contribution is -2.37. The lowest BCUT2D eigenvalue weighted by Gasteiger charge is -2.31. The van der Waals surface area contributed by atoms with Crippen molar-refractivity contribution in [2.45, 2.75) is 43.4 Å². The molecule has 0 radical (unpaired) electrons. The molecule has 0 aliphatic carbocycles. The van der Waals surface area contributed by atoms with Crippen LogP contribution in [0.15, 0.2) is 53.6 Å². The highest BCUT2D eigenvalue weighted by atomic mass is 32.2. The Morgan fingerprint density at radius 2 is 2.00 bits per heavy atom. The Hall–Kier alpha value is -1.56. The summed E-state index contributed by atoms with van der Waals surface area (Å²) in [6, 6.07) is 17.0. The summed E-state index contributed by atoms with van der Waals surface area (Å²) in [7, 11) is 0. The summed E-state index contributed by atoms with van der Waals surface area (Å²) in [5.74, 6) is 0.905. The second kappa shape index (κ2) is 6.91. The molecular weight excluding hydrogens is 304 g/mol. The zero-order valence-electron chi connectivity index (χ0n) is 13.7. The maximum absolute atomic E-state index is 5.60. The zero-order chi connectivity index (χ0) is 16.3. The minimum absolute atomic E-state index is 0.174. The van der Waals surface area contributed by atoms with Crippen LogP contribution in [0.2, 0.25) is 0 Å². The summed E-state index contributed by atoms with van der Waals surface area (Å²) in [4.78, 5) is 7.06. The van der Waals surface area contributed by atoms with E-state index in [1.165, 1.54) is 17.5 Å². The van der Waals surface area contributed by atoms with Gasteiger partial charge in [-0.3, -0.25) is 10.0 Å². The van der Waals surface area contributed by atoms with Crippen molar-refractivity contribution in [2.24, 2.45) is 5.14 Å². The van der Waals surface area contributed by atoms with E-state index in [4.69, 9.17) is 5.14 Å². The van der Waals surface area contributed by atoms with E-state index < -0.39 is 0 Å². The number of nitrogens with two attached hydrogens (primary N) is 1. The Bertz CT molecular complexity index is 644. The third kappa shape index (κ3) is 4.05. The molecule has 3 rings (SSSR count). The lowest BCUT2D eigenvalue weighted by molar-refractivity contribution is 0.166. The van der Waals surface area contributed by atoms with E-state index in [-0.39, 0.29) is 5.54 Å². The molecule has 0 bridgehead atoms. The van der Waals surface area contributed by atoms with Crippen molar-refractivity contribution in [1.82, 2.24) is 9.88 Å². The van der Waals surface area contributed by atoms with Crippen LogP contribution in [0.1, 0.15) is 25.8 Å². The molecule has 1 aliphatic rings. The fourth-order valence-electron chi connectivity index (χ4n) is 3.26. The van der Waals surface area contributed by atoms with Crippen molar-refractivity contribution >= 4 is 17.8 Å². The number of pyridine rings is 1. The van der Waals surface area contributed by atoms with E-state index in [1.807, 2.05) is 18.2 Å². The van der Waals surface area contributed by atoms with Gasteiger partial charge in [-0.15, -0.1) is 0 Å². The van der Waals surface area contributed by atoms with Gasteiger partial charge in [0.05, 0.1) is 0 Å². The second-order valence-electron chi connectivity index (χ2n) is 6.70. The van der Waals surface area contributed by atoms with E-state index in [2.05, 4.69) is 59.4 Å². The SMILES string of the molecule is CC1(C)CC(Nc2cccc(SN)n2)CN1Cc1ccccc1. The third-order valence-corrected chi connectivity index (χ3v) is 4.92. The predicted molar refractivity (Wildman–Crippen MR) is 97.2 cm³/mol. The average Bonchev–Trinajstić information content (AvgIpc) is 2.82. The van der Waals surface area contributed by atoms with Crippen LogP contribution in [0.4, 0.5) is 5.82 Å². The Labute approximate surface area is 142 Å². The van der Waals surface area contributed by atoms with Gasteiger partial charge in [0.2, 0.25) is 0 Å². The standard InChI is InChI=1S/C18H24N4S/c1-18(2)11-15(20-16-9-6-10-17(21-16)23-19)13-22(18)12-14-7-4-3-5-8-14/h3-10,15H,11-13,19H2,1-2H3,(H,20,21). The number of nitrogens with one attached hydrogen (secondary N) is 1. The molecule has 0 saturated carbocycles. The molecule has 1 unspecified atom stereocenters. The van der Waals surface area contributed by atoms with Crippen LogP contribution in [0.3, 0.4) is 0 Å². The van der Waals surface area contributed by atoms with Crippen LogP contribution >= 0.6 is 11.9 Å². The van der Waals surface area contributed by atoms with Crippen LogP contribution in [0.5, 0.6) is 0 Å². The van der Waals surface area contributed by atoms with E-state index in [0.29, 0.717) is 6.04 Å². The van der Waals surface area contributed by atoms with Gasteiger partial charge in [-0.2, -0.15) is 0 Å². The van der Waals surface area contributed by atoms with Crippen LogP contribution in [0, 0.1) is 0 Å². The number of nitrogens with zero attached hydrogens (tertiary/aromatic N) is 2. The van der Waals surface area contributed by atoms with Crippen molar-refractivity contribution in [1.29, 1.82) is 0 Å². The monoisotopic (exact) mass is 328 g/mol. The molecule has 2 aromatic rings. The van der Waals surface area contributed by atoms with Crippen molar-refractivity contribution in [3.8, 4) is 0 Å². The Morgan fingerprint density at radius 1 is 1.22 bits per heavy atom. The van der Waals surface area contributed by atoms with Gasteiger partial charge in [0, 0.05) is 24.7 Å². The van der Waals surface area contributed by atoms with E-state index in [9.17, 15) is 0 Å². The largest absolute Gasteiger partial charge is 0.366 e. The van der Waals surface area contributed by atoms with Gasteiger partial charge in [-0.25, -0.2) is 4.98 Å². The van der Waals surface area contributed by atoms with Crippen molar-refractivity contribution in [3.63, 3.8) is 0 Å². The van der Waals surface area contributed by atoms with Gasteiger partial charge in [-0.05, 0) is 49.9 Å². The lowest BCUT2D eigenvalue weighted by atomic mass is 10.00.